The molecule has 1 saturated carbocycles. The van der Waals surface area contributed by atoms with Crippen molar-refractivity contribution < 1.29 is 9.13 Å². The molecule has 0 amide bonds. The molecule has 0 atom stereocenters. The van der Waals surface area contributed by atoms with Gasteiger partial charge < -0.3 is 10.1 Å². The fraction of sp³-hybridized carbons (Fsp3) is 0.600. The van der Waals surface area contributed by atoms with E-state index in [9.17, 15) is 4.39 Å². The van der Waals surface area contributed by atoms with E-state index in [1.165, 1.54) is 12.5 Å². The number of piperazine rings is 1. The number of nitrogens with one attached hydrogen (secondary N) is 1. The molecule has 0 spiro atoms. The normalized spacial score (nSPS) is 20.7. The van der Waals surface area contributed by atoms with E-state index in [0.717, 1.165) is 61.4 Å². The van der Waals surface area contributed by atoms with E-state index in [1.54, 1.807) is 6.07 Å². The molecule has 2 fully saturated rings. The molecule has 3 rings (SSSR count). The van der Waals surface area contributed by atoms with Crippen LogP contribution in [-0.4, -0.2) is 37.2 Å². The number of hydrogen-bond donors (Lipinski definition) is 1. The van der Waals surface area contributed by atoms with Gasteiger partial charge in [-0.2, -0.15) is 0 Å². The molecule has 1 aromatic rings. The number of hydrogen-bond acceptors (Lipinski definition) is 3. The Morgan fingerprint density at radius 3 is 2.70 bits per heavy atom. The largest absolute Gasteiger partial charge is 0.489 e. The molecule has 3 nitrogen and oxygen atoms in total. The Morgan fingerprint density at radius 1 is 1.30 bits per heavy atom. The molecule has 2 aliphatic rings. The summed E-state index contributed by atoms with van der Waals surface area (Å²) in [5, 5.41) is 3.33. The Bertz CT molecular complexity index is 473. The Balaban J connectivity index is 1.78. The van der Waals surface area contributed by atoms with Crippen LogP contribution in [-0.2, 0) is 6.54 Å². The Labute approximate surface area is 127 Å². The van der Waals surface area contributed by atoms with Gasteiger partial charge in [0.2, 0.25) is 0 Å². The number of halogens is 2. The van der Waals surface area contributed by atoms with Crippen molar-refractivity contribution >= 4 is 15.9 Å². The van der Waals surface area contributed by atoms with Gasteiger partial charge in [0.1, 0.15) is 11.6 Å². The first-order valence-electron chi connectivity index (χ1n) is 7.30. The zero-order valence-electron chi connectivity index (χ0n) is 11.5. The van der Waals surface area contributed by atoms with E-state index in [2.05, 4.69) is 26.1 Å². The molecule has 1 aliphatic heterocycles. The van der Waals surface area contributed by atoms with Gasteiger partial charge >= 0.3 is 0 Å². The molecule has 20 heavy (non-hydrogen) atoms. The van der Waals surface area contributed by atoms with Gasteiger partial charge in [-0.1, -0.05) is 0 Å². The van der Waals surface area contributed by atoms with Crippen LogP contribution in [0.25, 0.3) is 0 Å². The third-order valence-corrected chi connectivity index (χ3v) is 4.61. The number of benzene rings is 1. The zero-order chi connectivity index (χ0) is 13.9. The Kier molecular flexibility index (Phi) is 4.58. The van der Waals surface area contributed by atoms with Crippen LogP contribution in [0.2, 0.25) is 0 Å². The van der Waals surface area contributed by atoms with E-state index in [-0.39, 0.29) is 5.82 Å². The first-order chi connectivity index (χ1) is 9.72. The van der Waals surface area contributed by atoms with Crippen LogP contribution in [0.15, 0.2) is 16.6 Å². The van der Waals surface area contributed by atoms with Crippen molar-refractivity contribution in [3.63, 3.8) is 0 Å². The summed E-state index contributed by atoms with van der Waals surface area (Å²) in [5.74, 6) is 0.623. The average Bonchev–Trinajstić information content (AvgIpc) is 2.37. The molecule has 110 valence electrons. The maximum absolute atomic E-state index is 13.7. The predicted octanol–water partition coefficient (Wildman–Crippen LogP) is 2.92. The third-order valence-electron chi connectivity index (χ3n) is 4.03. The standard InChI is InChI=1S/C15H20BrFN2O/c16-14-9-12(17)8-11(10-19-6-4-18-5-7-19)15(14)20-13-2-1-3-13/h8-9,13,18H,1-7,10H2. The predicted molar refractivity (Wildman–Crippen MR) is 80.5 cm³/mol. The molecule has 1 heterocycles. The summed E-state index contributed by atoms with van der Waals surface area (Å²) in [6, 6.07) is 3.11. The number of ether oxygens (including phenoxy) is 1. The van der Waals surface area contributed by atoms with Crippen molar-refractivity contribution in [3.8, 4) is 5.75 Å². The maximum atomic E-state index is 13.7. The van der Waals surface area contributed by atoms with Crippen LogP contribution in [0.1, 0.15) is 24.8 Å². The minimum atomic E-state index is -0.206. The SMILES string of the molecule is Fc1cc(Br)c(OC2CCC2)c(CN2CCNCC2)c1. The second-order valence-corrected chi connectivity index (χ2v) is 6.43. The highest BCUT2D eigenvalue weighted by molar-refractivity contribution is 9.10. The molecule has 0 unspecified atom stereocenters. The highest BCUT2D eigenvalue weighted by Crippen LogP contribution is 2.35. The second-order valence-electron chi connectivity index (χ2n) is 5.57. The van der Waals surface area contributed by atoms with Crippen LogP contribution in [0, 0.1) is 5.82 Å². The van der Waals surface area contributed by atoms with Gasteiger partial charge in [0.15, 0.2) is 0 Å². The van der Waals surface area contributed by atoms with Crippen LogP contribution in [0.3, 0.4) is 0 Å². The molecule has 0 bridgehead atoms. The van der Waals surface area contributed by atoms with Gasteiger partial charge in [-0.05, 0) is 47.3 Å². The lowest BCUT2D eigenvalue weighted by Gasteiger charge is -2.31. The van der Waals surface area contributed by atoms with Gasteiger partial charge in [-0.25, -0.2) is 4.39 Å². The van der Waals surface area contributed by atoms with Crippen molar-refractivity contribution in [1.82, 2.24) is 10.2 Å². The van der Waals surface area contributed by atoms with E-state index in [1.807, 2.05) is 0 Å². The maximum Gasteiger partial charge on any atom is 0.138 e. The Morgan fingerprint density at radius 2 is 2.05 bits per heavy atom. The monoisotopic (exact) mass is 342 g/mol. The van der Waals surface area contributed by atoms with Crippen LogP contribution >= 0.6 is 15.9 Å². The Hall–Kier alpha value is -0.650. The quantitative estimate of drug-likeness (QED) is 0.910. The highest BCUT2D eigenvalue weighted by atomic mass is 79.9. The van der Waals surface area contributed by atoms with E-state index in [0.29, 0.717) is 6.10 Å². The number of nitrogens with zero attached hydrogens (tertiary/aromatic N) is 1. The molecular formula is C15H20BrFN2O. The fourth-order valence-electron chi connectivity index (χ4n) is 2.63. The molecule has 0 radical (unpaired) electrons. The lowest BCUT2D eigenvalue weighted by molar-refractivity contribution is 0.116. The van der Waals surface area contributed by atoms with Crippen LogP contribution in [0.5, 0.6) is 5.75 Å². The third kappa shape index (κ3) is 3.32. The van der Waals surface area contributed by atoms with Gasteiger partial charge in [0, 0.05) is 38.3 Å². The molecule has 1 saturated heterocycles. The van der Waals surface area contributed by atoms with E-state index >= 15 is 0 Å². The molecule has 5 heteroatoms. The molecular weight excluding hydrogens is 323 g/mol. The van der Waals surface area contributed by atoms with Gasteiger partial charge in [-0.15, -0.1) is 0 Å². The molecule has 1 aliphatic carbocycles. The first kappa shape index (κ1) is 14.3. The number of rotatable bonds is 4. The summed E-state index contributed by atoms with van der Waals surface area (Å²) in [6.07, 6.45) is 3.75. The summed E-state index contributed by atoms with van der Waals surface area (Å²) in [5.41, 5.74) is 0.950. The lowest BCUT2D eigenvalue weighted by Crippen LogP contribution is -2.43. The zero-order valence-corrected chi connectivity index (χ0v) is 13.1. The fourth-order valence-corrected chi connectivity index (χ4v) is 3.20. The van der Waals surface area contributed by atoms with Crippen molar-refractivity contribution in [2.24, 2.45) is 0 Å². The summed E-state index contributed by atoms with van der Waals surface area (Å²) < 4.78 is 20.5. The van der Waals surface area contributed by atoms with Crippen molar-refractivity contribution in [3.05, 3.63) is 28.0 Å². The van der Waals surface area contributed by atoms with Crippen molar-refractivity contribution in [2.75, 3.05) is 26.2 Å². The lowest BCUT2D eigenvalue weighted by atomic mass is 9.96. The highest BCUT2D eigenvalue weighted by Gasteiger charge is 2.23. The second kappa shape index (κ2) is 6.41. The summed E-state index contributed by atoms with van der Waals surface area (Å²) in [6.45, 7) is 4.73. The average molecular weight is 343 g/mol. The summed E-state index contributed by atoms with van der Waals surface area (Å²) in [4.78, 5) is 2.34. The van der Waals surface area contributed by atoms with Crippen LogP contribution < -0.4 is 10.1 Å². The van der Waals surface area contributed by atoms with Gasteiger partial charge in [0.05, 0.1) is 10.6 Å². The summed E-state index contributed by atoms with van der Waals surface area (Å²) >= 11 is 3.45. The molecule has 0 aromatic heterocycles. The van der Waals surface area contributed by atoms with E-state index in [4.69, 9.17) is 4.74 Å². The van der Waals surface area contributed by atoms with Gasteiger partial charge in [0.25, 0.3) is 0 Å². The van der Waals surface area contributed by atoms with Crippen molar-refractivity contribution in [1.29, 1.82) is 0 Å². The molecule has 1 aromatic carbocycles. The van der Waals surface area contributed by atoms with Crippen LogP contribution in [0.4, 0.5) is 4.39 Å². The minimum Gasteiger partial charge on any atom is -0.489 e. The van der Waals surface area contributed by atoms with Gasteiger partial charge in [-0.3, -0.25) is 4.90 Å². The van der Waals surface area contributed by atoms with Crippen molar-refractivity contribution in [2.45, 2.75) is 31.9 Å². The molecule has 1 N–H and O–H groups in total. The smallest absolute Gasteiger partial charge is 0.138 e. The first-order valence-corrected chi connectivity index (χ1v) is 8.09. The van der Waals surface area contributed by atoms with E-state index < -0.39 is 0 Å². The topological polar surface area (TPSA) is 24.5 Å². The summed E-state index contributed by atoms with van der Waals surface area (Å²) in [7, 11) is 0. The minimum absolute atomic E-state index is 0.206.